The summed E-state index contributed by atoms with van der Waals surface area (Å²) in [7, 11) is 1.80. The van der Waals surface area contributed by atoms with E-state index < -0.39 is 0 Å². The molecule has 0 aliphatic heterocycles. The first-order valence-corrected chi connectivity index (χ1v) is 6.92. The van der Waals surface area contributed by atoms with Gasteiger partial charge in [0.15, 0.2) is 5.16 Å². The number of hydrogen-bond donors (Lipinski definition) is 1. The number of nitrogens with two attached hydrogens (primary N) is 1. The second-order valence-electron chi connectivity index (χ2n) is 4.69. The molecule has 0 atom stereocenters. The van der Waals surface area contributed by atoms with Crippen molar-refractivity contribution in [1.82, 2.24) is 19.7 Å². The third-order valence-electron chi connectivity index (χ3n) is 2.70. The first kappa shape index (κ1) is 14.8. The molecule has 0 radical (unpaired) electrons. The SMILES string of the molecule is CC(C)N(C)C(=O)CSc1nnc(N)n1C(C)C. The van der Waals surface area contributed by atoms with Gasteiger partial charge >= 0.3 is 0 Å². The van der Waals surface area contributed by atoms with Crippen molar-refractivity contribution in [2.75, 3.05) is 18.5 Å². The Morgan fingerprint density at radius 3 is 2.50 bits per heavy atom. The number of nitrogen functional groups attached to an aromatic ring is 1. The molecule has 0 spiro atoms. The van der Waals surface area contributed by atoms with Gasteiger partial charge in [-0.15, -0.1) is 10.2 Å². The highest BCUT2D eigenvalue weighted by molar-refractivity contribution is 7.99. The van der Waals surface area contributed by atoms with Crippen LogP contribution < -0.4 is 5.73 Å². The van der Waals surface area contributed by atoms with Crippen LogP contribution in [-0.2, 0) is 4.79 Å². The van der Waals surface area contributed by atoms with Crippen LogP contribution in [0, 0.1) is 0 Å². The van der Waals surface area contributed by atoms with Gasteiger partial charge in [-0.2, -0.15) is 0 Å². The van der Waals surface area contributed by atoms with Crippen molar-refractivity contribution >= 4 is 23.6 Å². The van der Waals surface area contributed by atoms with Crippen molar-refractivity contribution in [2.45, 2.75) is 44.9 Å². The second kappa shape index (κ2) is 6.08. The topological polar surface area (TPSA) is 77.0 Å². The molecular formula is C11H21N5OS. The monoisotopic (exact) mass is 271 g/mol. The summed E-state index contributed by atoms with van der Waals surface area (Å²) in [4.78, 5) is 13.6. The predicted molar refractivity (Wildman–Crippen MR) is 73.4 cm³/mol. The summed E-state index contributed by atoms with van der Waals surface area (Å²) >= 11 is 1.37. The summed E-state index contributed by atoms with van der Waals surface area (Å²) in [6, 6.07) is 0.381. The Morgan fingerprint density at radius 1 is 1.39 bits per heavy atom. The van der Waals surface area contributed by atoms with Crippen molar-refractivity contribution in [3.63, 3.8) is 0 Å². The number of carbonyl (C=O) groups is 1. The van der Waals surface area contributed by atoms with Crippen LogP contribution in [0.5, 0.6) is 0 Å². The molecule has 6 nitrogen and oxygen atoms in total. The summed E-state index contributed by atoms with van der Waals surface area (Å²) in [5.74, 6) is 0.809. The first-order valence-electron chi connectivity index (χ1n) is 5.93. The van der Waals surface area contributed by atoms with Gasteiger partial charge in [-0.05, 0) is 27.7 Å². The van der Waals surface area contributed by atoms with Crippen LogP contribution in [0.2, 0.25) is 0 Å². The number of carbonyl (C=O) groups excluding carboxylic acids is 1. The van der Waals surface area contributed by atoms with E-state index in [9.17, 15) is 4.79 Å². The van der Waals surface area contributed by atoms with Crippen molar-refractivity contribution in [3.05, 3.63) is 0 Å². The van der Waals surface area contributed by atoms with Crippen LogP contribution >= 0.6 is 11.8 Å². The molecule has 0 saturated carbocycles. The van der Waals surface area contributed by atoms with Crippen LogP contribution in [0.1, 0.15) is 33.7 Å². The Hall–Kier alpha value is -1.24. The summed E-state index contributed by atoms with van der Waals surface area (Å²) in [6.45, 7) is 7.98. The van der Waals surface area contributed by atoms with Gasteiger partial charge in [-0.3, -0.25) is 9.36 Å². The Balaban J connectivity index is 2.67. The van der Waals surface area contributed by atoms with E-state index in [1.165, 1.54) is 11.8 Å². The van der Waals surface area contributed by atoms with Crippen molar-refractivity contribution < 1.29 is 4.79 Å². The minimum Gasteiger partial charge on any atom is -0.368 e. The molecule has 0 aromatic carbocycles. The molecule has 1 rings (SSSR count). The number of thioether (sulfide) groups is 1. The van der Waals surface area contributed by atoms with Gasteiger partial charge in [-0.25, -0.2) is 0 Å². The minimum absolute atomic E-state index is 0.0758. The van der Waals surface area contributed by atoms with Gasteiger partial charge in [0.2, 0.25) is 11.9 Å². The molecule has 0 aliphatic carbocycles. The molecule has 0 aliphatic rings. The molecule has 0 saturated heterocycles. The zero-order valence-electron chi connectivity index (χ0n) is 11.5. The minimum atomic E-state index is 0.0758. The molecule has 0 bridgehead atoms. The summed E-state index contributed by atoms with van der Waals surface area (Å²) < 4.78 is 1.83. The maximum Gasteiger partial charge on any atom is 0.233 e. The van der Waals surface area contributed by atoms with E-state index in [2.05, 4.69) is 10.2 Å². The quantitative estimate of drug-likeness (QED) is 0.819. The lowest BCUT2D eigenvalue weighted by molar-refractivity contribution is -0.128. The molecule has 1 heterocycles. The standard InChI is InChI=1S/C11H21N5OS/c1-7(2)15(5)9(17)6-18-11-14-13-10(12)16(11)8(3)4/h7-8H,6H2,1-5H3,(H2,12,13). The molecule has 2 N–H and O–H groups in total. The van der Waals surface area contributed by atoms with Crippen LogP contribution in [-0.4, -0.2) is 44.4 Å². The van der Waals surface area contributed by atoms with E-state index in [0.717, 1.165) is 0 Å². The molecule has 0 unspecified atom stereocenters. The normalized spacial score (nSPS) is 11.3. The average Bonchev–Trinajstić information content (AvgIpc) is 2.66. The van der Waals surface area contributed by atoms with Gasteiger partial charge in [0, 0.05) is 19.1 Å². The van der Waals surface area contributed by atoms with Crippen LogP contribution in [0.15, 0.2) is 5.16 Å². The zero-order chi connectivity index (χ0) is 13.9. The maximum atomic E-state index is 11.9. The van der Waals surface area contributed by atoms with Crippen molar-refractivity contribution in [3.8, 4) is 0 Å². The van der Waals surface area contributed by atoms with E-state index in [0.29, 0.717) is 16.9 Å². The molecule has 1 aromatic heterocycles. The van der Waals surface area contributed by atoms with Gasteiger partial charge < -0.3 is 10.6 Å². The van der Waals surface area contributed by atoms with Gasteiger partial charge in [0.25, 0.3) is 0 Å². The average molecular weight is 271 g/mol. The summed E-state index contributed by atoms with van der Waals surface area (Å²) in [5, 5.41) is 8.52. The fourth-order valence-corrected chi connectivity index (χ4v) is 2.39. The molecule has 7 heteroatoms. The van der Waals surface area contributed by atoms with Gasteiger partial charge in [-0.1, -0.05) is 11.8 Å². The maximum absolute atomic E-state index is 11.9. The Morgan fingerprint density at radius 2 is 2.00 bits per heavy atom. The van der Waals surface area contributed by atoms with Crippen LogP contribution in [0.25, 0.3) is 0 Å². The third kappa shape index (κ3) is 3.38. The van der Waals surface area contributed by atoms with E-state index >= 15 is 0 Å². The molecular weight excluding hydrogens is 250 g/mol. The highest BCUT2D eigenvalue weighted by Gasteiger charge is 2.17. The number of anilines is 1. The fraction of sp³-hybridized carbons (Fsp3) is 0.727. The zero-order valence-corrected chi connectivity index (χ0v) is 12.4. The van der Waals surface area contributed by atoms with Gasteiger partial charge in [0.05, 0.1) is 5.75 Å². The lowest BCUT2D eigenvalue weighted by atomic mass is 10.3. The van der Waals surface area contributed by atoms with E-state index in [1.807, 2.05) is 32.3 Å². The molecule has 18 heavy (non-hydrogen) atoms. The number of amides is 1. The Labute approximate surface area is 112 Å². The van der Waals surface area contributed by atoms with Crippen LogP contribution in [0.3, 0.4) is 0 Å². The van der Waals surface area contributed by atoms with Crippen molar-refractivity contribution in [1.29, 1.82) is 0 Å². The van der Waals surface area contributed by atoms with E-state index in [1.54, 1.807) is 11.9 Å². The third-order valence-corrected chi connectivity index (χ3v) is 3.63. The van der Waals surface area contributed by atoms with Gasteiger partial charge in [0.1, 0.15) is 0 Å². The smallest absolute Gasteiger partial charge is 0.233 e. The molecule has 102 valence electrons. The van der Waals surface area contributed by atoms with Crippen LogP contribution in [0.4, 0.5) is 5.95 Å². The number of rotatable bonds is 5. The lowest BCUT2D eigenvalue weighted by Crippen LogP contribution is -2.34. The summed E-state index contributed by atoms with van der Waals surface area (Å²) in [5.41, 5.74) is 5.74. The number of nitrogens with zero attached hydrogens (tertiary/aromatic N) is 4. The van der Waals surface area contributed by atoms with E-state index in [4.69, 9.17) is 5.73 Å². The second-order valence-corrected chi connectivity index (χ2v) is 5.63. The summed E-state index contributed by atoms with van der Waals surface area (Å²) in [6.07, 6.45) is 0. The molecule has 0 fully saturated rings. The number of aromatic nitrogens is 3. The Kier molecular flexibility index (Phi) is 5.01. The highest BCUT2D eigenvalue weighted by Crippen LogP contribution is 2.22. The number of hydrogen-bond acceptors (Lipinski definition) is 5. The highest BCUT2D eigenvalue weighted by atomic mass is 32.2. The largest absolute Gasteiger partial charge is 0.368 e. The first-order chi connectivity index (χ1) is 8.34. The van der Waals surface area contributed by atoms with Crippen molar-refractivity contribution in [2.24, 2.45) is 0 Å². The van der Waals surface area contributed by atoms with E-state index in [-0.39, 0.29) is 18.0 Å². The molecule has 1 amide bonds. The predicted octanol–water partition coefficient (Wildman–Crippen LogP) is 1.40. The Bertz CT molecular complexity index is 416. The fourth-order valence-electron chi connectivity index (χ4n) is 1.39. The molecule has 1 aromatic rings. The lowest BCUT2D eigenvalue weighted by Gasteiger charge is -2.21.